The number of nitrogens with zero attached hydrogens (tertiary/aromatic N) is 2. The van der Waals surface area contributed by atoms with Gasteiger partial charge < -0.3 is 10.1 Å². The molecule has 3 heteroatoms. The summed E-state index contributed by atoms with van der Waals surface area (Å²) in [6.45, 7) is 2.83. The number of aryl methyl sites for hydroxylation is 1. The number of fused-ring (bicyclic) bond motifs is 1. The highest BCUT2D eigenvalue weighted by atomic mass is 15.0. The van der Waals surface area contributed by atoms with Crippen molar-refractivity contribution in [2.45, 2.75) is 31.6 Å². The smallest absolute Gasteiger partial charge is 0.120 e. The van der Waals surface area contributed by atoms with Crippen LogP contribution < -0.4 is 5.73 Å². The van der Waals surface area contributed by atoms with Gasteiger partial charge in [-0.3, -0.25) is 0 Å². The quantitative estimate of drug-likeness (QED) is 0.833. The minimum Gasteiger partial charge on any atom is -0.329 e. The van der Waals surface area contributed by atoms with E-state index in [2.05, 4.69) is 34.6 Å². The summed E-state index contributed by atoms with van der Waals surface area (Å²) in [6, 6.07) is 4.20. The topological polar surface area (TPSA) is 43.3 Å². The average molecular weight is 215 g/mol. The van der Waals surface area contributed by atoms with Crippen LogP contribution in [0.3, 0.4) is 0 Å². The van der Waals surface area contributed by atoms with Crippen LogP contribution in [0.5, 0.6) is 0 Å². The highest BCUT2D eigenvalue weighted by molar-refractivity contribution is 5.54. The molecule has 0 aliphatic heterocycles. The van der Waals surface area contributed by atoms with Crippen molar-refractivity contribution in [2.75, 3.05) is 6.54 Å². The largest absolute Gasteiger partial charge is 0.329 e. The van der Waals surface area contributed by atoms with Crippen molar-refractivity contribution in [1.29, 1.82) is 0 Å². The Morgan fingerprint density at radius 2 is 2.31 bits per heavy atom. The van der Waals surface area contributed by atoms with Crippen molar-refractivity contribution < 1.29 is 0 Å². The van der Waals surface area contributed by atoms with E-state index in [0.717, 1.165) is 5.82 Å². The Hall–Kier alpha value is -1.35. The molecule has 0 radical (unpaired) electrons. The van der Waals surface area contributed by atoms with Crippen LogP contribution in [0.4, 0.5) is 0 Å². The second-order valence-corrected chi connectivity index (χ2v) is 4.87. The van der Waals surface area contributed by atoms with E-state index in [-0.39, 0.29) is 5.41 Å². The summed E-state index contributed by atoms with van der Waals surface area (Å²) in [5.41, 5.74) is 8.55. The minimum atomic E-state index is 0.139. The molecule has 1 saturated carbocycles. The summed E-state index contributed by atoms with van der Waals surface area (Å²) in [7, 11) is 0. The molecule has 1 fully saturated rings. The molecule has 1 aliphatic rings. The van der Waals surface area contributed by atoms with Crippen LogP contribution in [0, 0.1) is 6.92 Å². The summed E-state index contributed by atoms with van der Waals surface area (Å²) in [5, 5.41) is 0. The van der Waals surface area contributed by atoms with Gasteiger partial charge in [-0.05, 0) is 31.4 Å². The van der Waals surface area contributed by atoms with E-state index in [0.29, 0.717) is 6.54 Å². The molecule has 2 aromatic heterocycles. The van der Waals surface area contributed by atoms with Crippen molar-refractivity contribution in [2.24, 2.45) is 5.73 Å². The molecule has 0 saturated heterocycles. The van der Waals surface area contributed by atoms with Crippen LogP contribution in [0.2, 0.25) is 0 Å². The molecule has 3 nitrogen and oxygen atoms in total. The molecule has 0 unspecified atom stereocenters. The van der Waals surface area contributed by atoms with E-state index < -0.39 is 0 Å². The highest BCUT2D eigenvalue weighted by Crippen LogP contribution is 2.42. The van der Waals surface area contributed by atoms with Crippen LogP contribution in [0.1, 0.15) is 30.7 Å². The van der Waals surface area contributed by atoms with Crippen LogP contribution in [-0.2, 0) is 5.41 Å². The predicted octanol–water partition coefficient (Wildman–Crippen LogP) is 2.02. The Balaban J connectivity index is 2.21. The third-order valence-electron chi connectivity index (χ3n) is 3.96. The maximum absolute atomic E-state index is 5.94. The van der Waals surface area contributed by atoms with Gasteiger partial charge in [0.2, 0.25) is 0 Å². The maximum atomic E-state index is 5.94. The van der Waals surface area contributed by atoms with Gasteiger partial charge in [0.15, 0.2) is 0 Å². The summed E-state index contributed by atoms with van der Waals surface area (Å²) in [4.78, 5) is 4.60. The third-order valence-corrected chi connectivity index (χ3v) is 3.96. The van der Waals surface area contributed by atoms with Gasteiger partial charge in [-0.2, -0.15) is 0 Å². The maximum Gasteiger partial charge on any atom is 0.120 e. The molecule has 0 spiro atoms. The zero-order chi connectivity index (χ0) is 11.2. The molecule has 3 rings (SSSR count). The molecule has 84 valence electrons. The normalized spacial score (nSPS) is 18.6. The van der Waals surface area contributed by atoms with Crippen molar-refractivity contribution in [3.05, 3.63) is 35.9 Å². The molecule has 0 bridgehead atoms. The Labute approximate surface area is 95.3 Å². The Kier molecular flexibility index (Phi) is 2.04. The monoisotopic (exact) mass is 215 g/mol. The van der Waals surface area contributed by atoms with E-state index in [1.54, 1.807) is 0 Å². The Morgan fingerprint density at radius 3 is 2.94 bits per heavy atom. The Bertz CT molecular complexity index is 517. The van der Waals surface area contributed by atoms with E-state index >= 15 is 0 Å². The molecule has 0 amide bonds. The van der Waals surface area contributed by atoms with Crippen LogP contribution in [-0.4, -0.2) is 15.9 Å². The first-order chi connectivity index (χ1) is 7.77. The second-order valence-electron chi connectivity index (χ2n) is 4.87. The van der Waals surface area contributed by atoms with Gasteiger partial charge >= 0.3 is 0 Å². The highest BCUT2D eigenvalue weighted by Gasteiger charge is 2.40. The van der Waals surface area contributed by atoms with Gasteiger partial charge in [-0.1, -0.05) is 12.5 Å². The van der Waals surface area contributed by atoms with Gasteiger partial charge in [0, 0.05) is 18.2 Å². The number of aromatic nitrogens is 2. The fourth-order valence-corrected chi connectivity index (χ4v) is 2.68. The standard InChI is InChI=1S/C13H17N3/c1-10-4-2-7-16-11(10)8-15-12(16)13(9-14)5-3-6-13/h2,4,7-8H,3,5-6,9,14H2,1H3. The number of pyridine rings is 1. The fraction of sp³-hybridized carbons (Fsp3) is 0.462. The first-order valence-corrected chi connectivity index (χ1v) is 5.90. The van der Waals surface area contributed by atoms with Crippen molar-refractivity contribution in [3.8, 4) is 0 Å². The lowest BCUT2D eigenvalue weighted by molar-refractivity contribution is 0.237. The summed E-state index contributed by atoms with van der Waals surface area (Å²) in [6.07, 6.45) is 7.70. The van der Waals surface area contributed by atoms with Crippen molar-refractivity contribution in [1.82, 2.24) is 9.38 Å². The minimum absolute atomic E-state index is 0.139. The molecule has 0 atom stereocenters. The molecule has 0 aromatic carbocycles. The lowest BCUT2D eigenvalue weighted by Gasteiger charge is -2.39. The molecular weight excluding hydrogens is 198 g/mol. The van der Waals surface area contributed by atoms with Crippen LogP contribution in [0.15, 0.2) is 24.5 Å². The molecular formula is C13H17N3. The lowest BCUT2D eigenvalue weighted by Crippen LogP contribution is -2.43. The van der Waals surface area contributed by atoms with Crippen molar-refractivity contribution >= 4 is 5.52 Å². The summed E-state index contributed by atoms with van der Waals surface area (Å²) < 4.78 is 2.21. The van der Waals surface area contributed by atoms with E-state index in [1.807, 2.05) is 6.20 Å². The third kappa shape index (κ3) is 1.15. The van der Waals surface area contributed by atoms with Gasteiger partial charge in [0.1, 0.15) is 5.82 Å². The van der Waals surface area contributed by atoms with Crippen LogP contribution in [0.25, 0.3) is 5.52 Å². The number of rotatable bonds is 2. The van der Waals surface area contributed by atoms with Gasteiger partial charge in [-0.25, -0.2) is 4.98 Å². The zero-order valence-corrected chi connectivity index (χ0v) is 9.61. The van der Waals surface area contributed by atoms with E-state index in [9.17, 15) is 0 Å². The van der Waals surface area contributed by atoms with Crippen LogP contribution >= 0.6 is 0 Å². The first kappa shape index (κ1) is 9.85. The van der Waals surface area contributed by atoms with E-state index in [1.165, 1.54) is 30.3 Å². The fourth-order valence-electron chi connectivity index (χ4n) is 2.68. The predicted molar refractivity (Wildman–Crippen MR) is 64.5 cm³/mol. The first-order valence-electron chi connectivity index (χ1n) is 5.90. The number of imidazole rings is 1. The number of hydrogen-bond donors (Lipinski definition) is 1. The zero-order valence-electron chi connectivity index (χ0n) is 9.61. The lowest BCUT2D eigenvalue weighted by atomic mass is 9.68. The van der Waals surface area contributed by atoms with Gasteiger partial charge in [0.25, 0.3) is 0 Å². The average Bonchev–Trinajstić information content (AvgIpc) is 2.64. The van der Waals surface area contributed by atoms with Crippen molar-refractivity contribution in [3.63, 3.8) is 0 Å². The Morgan fingerprint density at radius 1 is 1.50 bits per heavy atom. The molecule has 2 heterocycles. The molecule has 16 heavy (non-hydrogen) atoms. The number of nitrogens with two attached hydrogens (primary N) is 1. The van der Waals surface area contributed by atoms with Gasteiger partial charge in [0.05, 0.1) is 11.7 Å². The molecule has 2 aromatic rings. The molecule has 1 aliphatic carbocycles. The van der Waals surface area contributed by atoms with E-state index in [4.69, 9.17) is 5.73 Å². The SMILES string of the molecule is Cc1cccn2c(C3(CN)CCC3)ncc12. The molecule has 2 N–H and O–H groups in total. The summed E-state index contributed by atoms with van der Waals surface area (Å²) >= 11 is 0. The number of hydrogen-bond acceptors (Lipinski definition) is 2. The second kappa shape index (κ2) is 3.32. The summed E-state index contributed by atoms with van der Waals surface area (Å²) in [5.74, 6) is 1.15. The van der Waals surface area contributed by atoms with Gasteiger partial charge in [-0.15, -0.1) is 0 Å².